The first kappa shape index (κ1) is 19.7. The van der Waals surface area contributed by atoms with Crippen LogP contribution in [0.1, 0.15) is 30.0 Å². The first-order valence-corrected chi connectivity index (χ1v) is 11.0. The second-order valence-electron chi connectivity index (χ2n) is 6.64. The summed E-state index contributed by atoms with van der Waals surface area (Å²) in [5.41, 5.74) is 0.888. The molecule has 1 atom stereocenters. The minimum Gasteiger partial charge on any atom is -0.469 e. The molecule has 8 nitrogen and oxygen atoms in total. The number of methoxy groups -OCH3 is 1. The number of hydrogen-bond acceptors (Lipinski definition) is 7. The van der Waals surface area contributed by atoms with Gasteiger partial charge in [-0.15, -0.1) is 11.3 Å². The maximum atomic E-state index is 12.8. The molecule has 146 valence electrons. The zero-order chi connectivity index (χ0) is 18.7. The van der Waals surface area contributed by atoms with Gasteiger partial charge in [-0.3, -0.25) is 4.79 Å². The van der Waals surface area contributed by atoms with Crippen LogP contribution in [0.4, 0.5) is 0 Å². The van der Waals surface area contributed by atoms with Crippen molar-refractivity contribution in [3.8, 4) is 0 Å². The highest BCUT2D eigenvalue weighted by atomic mass is 32.2. The second kappa shape index (κ2) is 8.30. The Morgan fingerprint density at radius 3 is 2.58 bits per heavy atom. The lowest BCUT2D eigenvalue weighted by atomic mass is 9.99. The molecule has 1 aromatic heterocycles. The molecule has 3 rings (SSSR count). The summed E-state index contributed by atoms with van der Waals surface area (Å²) in [4.78, 5) is 15.9. The Morgan fingerprint density at radius 1 is 1.27 bits per heavy atom. The number of hydrogen-bond donors (Lipinski definition) is 0. The number of carbonyl (C=O) groups is 1. The van der Waals surface area contributed by atoms with Gasteiger partial charge in [-0.05, 0) is 26.2 Å². The fourth-order valence-corrected chi connectivity index (χ4v) is 5.66. The summed E-state index contributed by atoms with van der Waals surface area (Å²) < 4.78 is 39.2. The van der Waals surface area contributed by atoms with E-state index in [2.05, 4.69) is 4.98 Å². The Hall–Kier alpha value is -1.07. The first-order valence-electron chi connectivity index (χ1n) is 8.76. The van der Waals surface area contributed by atoms with Crippen molar-refractivity contribution in [1.29, 1.82) is 0 Å². The lowest BCUT2D eigenvalue weighted by Crippen LogP contribution is -2.47. The van der Waals surface area contributed by atoms with Gasteiger partial charge in [0, 0.05) is 31.6 Å². The Bertz CT molecular complexity index is 728. The number of piperidine rings is 1. The van der Waals surface area contributed by atoms with Crippen LogP contribution in [-0.4, -0.2) is 67.4 Å². The van der Waals surface area contributed by atoms with Gasteiger partial charge >= 0.3 is 5.97 Å². The van der Waals surface area contributed by atoms with Crippen molar-refractivity contribution in [2.45, 2.75) is 38.9 Å². The summed E-state index contributed by atoms with van der Waals surface area (Å²) in [5, 5.41) is 2.96. The van der Waals surface area contributed by atoms with E-state index >= 15 is 0 Å². The van der Waals surface area contributed by atoms with Gasteiger partial charge in [-0.2, -0.15) is 17.0 Å². The van der Waals surface area contributed by atoms with E-state index in [0.29, 0.717) is 52.0 Å². The third-order valence-electron chi connectivity index (χ3n) is 4.88. The molecular weight excluding hydrogens is 378 g/mol. The number of nitrogens with zero attached hydrogens (tertiary/aromatic N) is 3. The van der Waals surface area contributed by atoms with Gasteiger partial charge in [-0.1, -0.05) is 0 Å². The van der Waals surface area contributed by atoms with Crippen molar-refractivity contribution in [2.75, 3.05) is 33.3 Å². The van der Waals surface area contributed by atoms with Crippen molar-refractivity contribution in [3.05, 3.63) is 16.1 Å². The smallest absolute Gasteiger partial charge is 0.308 e. The van der Waals surface area contributed by atoms with Gasteiger partial charge in [0.2, 0.25) is 0 Å². The van der Waals surface area contributed by atoms with Crippen molar-refractivity contribution < 1.29 is 22.7 Å². The molecule has 0 bridgehead atoms. The number of aromatic nitrogens is 1. The van der Waals surface area contributed by atoms with Gasteiger partial charge in [-0.25, -0.2) is 4.98 Å². The molecule has 0 spiro atoms. The fraction of sp³-hybridized carbons (Fsp3) is 0.750. The van der Waals surface area contributed by atoms with Crippen LogP contribution in [-0.2, 0) is 31.1 Å². The molecule has 3 heterocycles. The van der Waals surface area contributed by atoms with Gasteiger partial charge in [0.25, 0.3) is 10.2 Å². The normalized spacial score (nSPS) is 23.4. The van der Waals surface area contributed by atoms with E-state index in [4.69, 9.17) is 9.47 Å². The van der Waals surface area contributed by atoms with E-state index < -0.39 is 10.2 Å². The molecule has 0 amide bonds. The van der Waals surface area contributed by atoms with Crippen LogP contribution in [0.5, 0.6) is 0 Å². The van der Waals surface area contributed by atoms with E-state index in [1.165, 1.54) is 15.7 Å². The first-order chi connectivity index (χ1) is 12.4. The number of ether oxygens (including phenoxy) is 2. The minimum atomic E-state index is -3.51. The summed E-state index contributed by atoms with van der Waals surface area (Å²) >= 11 is 1.58. The quantitative estimate of drug-likeness (QED) is 0.663. The highest BCUT2D eigenvalue weighted by molar-refractivity contribution is 7.86. The topological polar surface area (TPSA) is 89.0 Å². The molecule has 2 aliphatic heterocycles. The molecule has 0 N–H and O–H groups in total. The third-order valence-corrected chi connectivity index (χ3v) is 7.71. The lowest BCUT2D eigenvalue weighted by molar-refractivity contribution is -0.146. The summed E-state index contributed by atoms with van der Waals surface area (Å²) in [5.74, 6) is -0.461. The minimum absolute atomic E-state index is 0.112. The van der Waals surface area contributed by atoms with Gasteiger partial charge in [0.1, 0.15) is 0 Å². The van der Waals surface area contributed by atoms with Crippen molar-refractivity contribution >= 4 is 27.5 Å². The molecular formula is C16H25N3O5S2. The summed E-state index contributed by atoms with van der Waals surface area (Å²) in [6.07, 6.45) is 1.58. The number of rotatable bonds is 6. The lowest BCUT2D eigenvalue weighted by Gasteiger charge is -2.32. The molecule has 0 saturated carbocycles. The van der Waals surface area contributed by atoms with Gasteiger partial charge in [0.15, 0.2) is 0 Å². The van der Waals surface area contributed by atoms with E-state index in [-0.39, 0.29) is 18.0 Å². The predicted octanol–water partition coefficient (Wildman–Crippen LogP) is 1.17. The van der Waals surface area contributed by atoms with Crippen molar-refractivity contribution in [3.63, 3.8) is 0 Å². The third kappa shape index (κ3) is 4.42. The van der Waals surface area contributed by atoms with Crippen molar-refractivity contribution in [2.24, 2.45) is 5.92 Å². The Balaban J connectivity index is 1.50. The average molecular weight is 404 g/mol. The number of thiazole rings is 1. The Kier molecular flexibility index (Phi) is 6.29. The van der Waals surface area contributed by atoms with E-state index in [1.807, 2.05) is 12.3 Å². The van der Waals surface area contributed by atoms with Crippen LogP contribution in [0.15, 0.2) is 5.38 Å². The van der Waals surface area contributed by atoms with E-state index in [9.17, 15) is 13.2 Å². The zero-order valence-corrected chi connectivity index (χ0v) is 16.7. The molecule has 1 aromatic rings. The Morgan fingerprint density at radius 2 is 1.96 bits per heavy atom. The summed E-state index contributed by atoms with van der Waals surface area (Å²) in [6.45, 7) is 3.88. The summed E-state index contributed by atoms with van der Waals surface area (Å²) in [6, 6.07) is 0. The fourth-order valence-electron chi connectivity index (χ4n) is 3.37. The van der Waals surface area contributed by atoms with Gasteiger partial charge < -0.3 is 9.47 Å². The van der Waals surface area contributed by atoms with Crippen molar-refractivity contribution in [1.82, 2.24) is 13.6 Å². The molecule has 10 heteroatoms. The maximum absolute atomic E-state index is 12.8. The van der Waals surface area contributed by atoms with E-state index in [1.54, 1.807) is 11.3 Å². The SMILES string of the molecule is COC(=O)C1CCN(S(=O)(=O)N2CCC(OCc3csc(C)n3)C2)CC1. The summed E-state index contributed by atoms with van der Waals surface area (Å²) in [7, 11) is -2.14. The highest BCUT2D eigenvalue weighted by Crippen LogP contribution is 2.25. The average Bonchev–Trinajstić information content (AvgIpc) is 3.28. The highest BCUT2D eigenvalue weighted by Gasteiger charge is 2.38. The van der Waals surface area contributed by atoms with Gasteiger partial charge in [0.05, 0.1) is 36.4 Å². The second-order valence-corrected chi connectivity index (χ2v) is 9.63. The molecule has 26 heavy (non-hydrogen) atoms. The number of carbonyl (C=O) groups excluding carboxylic acids is 1. The van der Waals surface area contributed by atoms with Crippen LogP contribution in [0.25, 0.3) is 0 Å². The molecule has 0 aromatic carbocycles. The molecule has 0 radical (unpaired) electrons. The predicted molar refractivity (Wildman–Crippen MR) is 96.9 cm³/mol. The van der Waals surface area contributed by atoms with Crippen LogP contribution >= 0.6 is 11.3 Å². The monoisotopic (exact) mass is 403 g/mol. The number of aryl methyl sites for hydroxylation is 1. The standard InChI is InChI=1S/C16H25N3O5S2/c1-12-17-14(11-25-12)10-24-15-5-8-19(9-15)26(21,22)18-6-3-13(4-7-18)16(20)23-2/h11,13,15H,3-10H2,1-2H3. The van der Waals surface area contributed by atoms with Crippen LogP contribution in [0.2, 0.25) is 0 Å². The molecule has 2 fully saturated rings. The maximum Gasteiger partial charge on any atom is 0.308 e. The Labute approximate surface area is 158 Å². The van der Waals surface area contributed by atoms with Crippen LogP contribution in [0.3, 0.4) is 0 Å². The molecule has 2 aliphatic rings. The van der Waals surface area contributed by atoms with Crippen LogP contribution < -0.4 is 0 Å². The molecule has 1 unspecified atom stereocenters. The largest absolute Gasteiger partial charge is 0.469 e. The number of esters is 1. The zero-order valence-electron chi connectivity index (χ0n) is 15.1. The molecule has 0 aliphatic carbocycles. The van der Waals surface area contributed by atoms with Crippen LogP contribution in [0, 0.1) is 12.8 Å². The molecule has 2 saturated heterocycles. The van der Waals surface area contributed by atoms with E-state index in [0.717, 1.165) is 10.7 Å².